The second-order valence-electron chi connectivity index (χ2n) is 6.42. The van der Waals surface area contributed by atoms with Gasteiger partial charge in [-0.05, 0) is 47.0 Å². The highest BCUT2D eigenvalue weighted by Gasteiger charge is 2.38. The maximum atomic E-state index is 12.2. The van der Waals surface area contributed by atoms with Gasteiger partial charge in [-0.2, -0.15) is 0 Å². The van der Waals surface area contributed by atoms with Crippen LogP contribution in [0, 0.1) is 5.41 Å². The van der Waals surface area contributed by atoms with E-state index in [1.54, 1.807) is 0 Å². The Morgan fingerprint density at radius 2 is 1.46 bits per heavy atom. The molecule has 2 N–H and O–H groups in total. The average Bonchev–Trinajstić information content (AvgIpc) is 2.58. The first kappa shape index (κ1) is 18.2. The van der Waals surface area contributed by atoms with Crippen molar-refractivity contribution in [2.75, 3.05) is 7.11 Å². The van der Waals surface area contributed by atoms with Gasteiger partial charge in [-0.1, -0.05) is 48.5 Å². The SMILES string of the molecule is COC(=O)C(C)(C)[C@H](N)c1c2ccccc2cc2ccccc12.Cl. The first-order chi connectivity index (χ1) is 11.0. The van der Waals surface area contributed by atoms with Crippen molar-refractivity contribution in [3.05, 3.63) is 60.2 Å². The van der Waals surface area contributed by atoms with Gasteiger partial charge in [-0.25, -0.2) is 0 Å². The summed E-state index contributed by atoms with van der Waals surface area (Å²) in [5.41, 5.74) is 6.76. The number of benzene rings is 3. The Balaban J connectivity index is 0.00000208. The van der Waals surface area contributed by atoms with Crippen LogP contribution in [0.3, 0.4) is 0 Å². The molecule has 0 bridgehead atoms. The van der Waals surface area contributed by atoms with Crippen LogP contribution in [0.2, 0.25) is 0 Å². The number of fused-ring (bicyclic) bond motifs is 2. The fraction of sp³-hybridized carbons (Fsp3) is 0.250. The van der Waals surface area contributed by atoms with Crippen molar-refractivity contribution in [2.24, 2.45) is 11.1 Å². The van der Waals surface area contributed by atoms with E-state index in [1.807, 2.05) is 38.1 Å². The highest BCUT2D eigenvalue weighted by Crippen LogP contribution is 2.40. The maximum absolute atomic E-state index is 12.2. The smallest absolute Gasteiger partial charge is 0.313 e. The van der Waals surface area contributed by atoms with Crippen molar-refractivity contribution >= 4 is 39.9 Å². The van der Waals surface area contributed by atoms with Crippen molar-refractivity contribution < 1.29 is 9.53 Å². The van der Waals surface area contributed by atoms with Gasteiger partial charge in [-0.3, -0.25) is 4.79 Å². The fourth-order valence-corrected chi connectivity index (χ4v) is 3.13. The van der Waals surface area contributed by atoms with Gasteiger partial charge in [0.05, 0.1) is 12.5 Å². The Labute approximate surface area is 148 Å². The van der Waals surface area contributed by atoms with Crippen molar-refractivity contribution in [1.82, 2.24) is 0 Å². The molecule has 4 heteroatoms. The van der Waals surface area contributed by atoms with E-state index in [2.05, 4.69) is 30.3 Å². The van der Waals surface area contributed by atoms with Crippen molar-refractivity contribution in [1.29, 1.82) is 0 Å². The molecule has 0 fully saturated rings. The number of nitrogens with two attached hydrogens (primary N) is 1. The second kappa shape index (κ2) is 6.80. The van der Waals surface area contributed by atoms with Crippen LogP contribution >= 0.6 is 12.4 Å². The summed E-state index contributed by atoms with van der Waals surface area (Å²) in [6.45, 7) is 3.67. The van der Waals surface area contributed by atoms with Gasteiger partial charge in [0.25, 0.3) is 0 Å². The van der Waals surface area contributed by atoms with Gasteiger partial charge >= 0.3 is 5.97 Å². The number of hydrogen-bond donors (Lipinski definition) is 1. The molecule has 3 aromatic carbocycles. The number of methoxy groups -OCH3 is 1. The van der Waals surface area contributed by atoms with Gasteiger partial charge in [0.1, 0.15) is 0 Å². The summed E-state index contributed by atoms with van der Waals surface area (Å²) in [5.74, 6) is -0.304. The minimum Gasteiger partial charge on any atom is -0.469 e. The number of esters is 1. The average molecular weight is 344 g/mol. The minimum atomic E-state index is -0.818. The molecule has 0 saturated carbocycles. The van der Waals surface area contributed by atoms with Crippen molar-refractivity contribution in [3.63, 3.8) is 0 Å². The molecule has 0 aliphatic rings. The molecule has 0 aliphatic carbocycles. The topological polar surface area (TPSA) is 52.3 Å². The molecule has 24 heavy (non-hydrogen) atoms. The number of carbonyl (C=O) groups is 1. The predicted molar refractivity (Wildman–Crippen MR) is 101 cm³/mol. The molecule has 0 aliphatic heterocycles. The molecule has 0 aromatic heterocycles. The summed E-state index contributed by atoms with van der Waals surface area (Å²) in [4.78, 5) is 12.2. The molecule has 126 valence electrons. The van der Waals surface area contributed by atoms with E-state index in [9.17, 15) is 4.79 Å². The van der Waals surface area contributed by atoms with Crippen LogP contribution in [0.1, 0.15) is 25.5 Å². The van der Waals surface area contributed by atoms with E-state index < -0.39 is 11.5 Å². The Morgan fingerprint density at radius 1 is 1.00 bits per heavy atom. The highest BCUT2D eigenvalue weighted by molar-refractivity contribution is 6.03. The number of hydrogen-bond acceptors (Lipinski definition) is 3. The summed E-state index contributed by atoms with van der Waals surface area (Å²) in [6.07, 6.45) is 0. The molecule has 3 rings (SSSR count). The molecule has 0 spiro atoms. The Kier molecular flexibility index (Phi) is 5.16. The molecule has 1 atom stereocenters. The zero-order chi connectivity index (χ0) is 16.6. The van der Waals surface area contributed by atoms with E-state index in [0.29, 0.717) is 0 Å². The van der Waals surface area contributed by atoms with Crippen LogP contribution in [0.5, 0.6) is 0 Å². The number of carbonyl (C=O) groups excluding carboxylic acids is 1. The number of halogens is 1. The molecule has 0 amide bonds. The number of ether oxygens (including phenoxy) is 1. The summed E-state index contributed by atoms with van der Waals surface area (Å²) < 4.78 is 4.96. The molecule has 0 heterocycles. The third-order valence-corrected chi connectivity index (χ3v) is 4.61. The summed E-state index contributed by atoms with van der Waals surface area (Å²) >= 11 is 0. The summed E-state index contributed by atoms with van der Waals surface area (Å²) in [7, 11) is 1.40. The standard InChI is InChI=1S/C20H21NO2.ClH/c1-20(2,19(22)23-3)18(21)17-15-10-6-4-8-13(15)12-14-9-5-7-11-16(14)17;/h4-12,18H,21H2,1-3H3;1H/t18-;/m1./s1. The molecule has 0 radical (unpaired) electrons. The van der Waals surface area contributed by atoms with Gasteiger partial charge in [0, 0.05) is 6.04 Å². The van der Waals surface area contributed by atoms with Gasteiger partial charge in [0.2, 0.25) is 0 Å². The molecule has 3 aromatic rings. The Hall–Kier alpha value is -2.10. The lowest BCUT2D eigenvalue weighted by Crippen LogP contribution is -2.37. The Bertz CT molecular complexity index is 835. The van der Waals surface area contributed by atoms with Crippen LogP contribution in [0.15, 0.2) is 54.6 Å². The fourth-order valence-electron chi connectivity index (χ4n) is 3.13. The van der Waals surface area contributed by atoms with Crippen LogP contribution in [-0.4, -0.2) is 13.1 Å². The zero-order valence-electron chi connectivity index (χ0n) is 14.1. The van der Waals surface area contributed by atoms with E-state index in [0.717, 1.165) is 27.1 Å². The second-order valence-corrected chi connectivity index (χ2v) is 6.42. The first-order valence-electron chi connectivity index (χ1n) is 7.71. The van der Waals surface area contributed by atoms with E-state index >= 15 is 0 Å². The molecule has 0 saturated heterocycles. The number of rotatable bonds is 3. The molecular formula is C20H22ClNO2. The quantitative estimate of drug-likeness (QED) is 0.558. The van der Waals surface area contributed by atoms with Crippen LogP contribution in [-0.2, 0) is 9.53 Å². The van der Waals surface area contributed by atoms with Gasteiger partial charge in [0.15, 0.2) is 0 Å². The molecule has 0 unspecified atom stereocenters. The summed E-state index contributed by atoms with van der Waals surface area (Å²) in [6, 6.07) is 18.0. The lowest BCUT2D eigenvalue weighted by atomic mass is 9.78. The lowest BCUT2D eigenvalue weighted by Gasteiger charge is -2.30. The first-order valence-corrected chi connectivity index (χ1v) is 7.71. The third-order valence-electron chi connectivity index (χ3n) is 4.61. The Morgan fingerprint density at radius 3 is 1.92 bits per heavy atom. The van der Waals surface area contributed by atoms with Gasteiger partial charge in [-0.15, -0.1) is 12.4 Å². The zero-order valence-corrected chi connectivity index (χ0v) is 14.9. The van der Waals surface area contributed by atoms with Crippen LogP contribution < -0.4 is 5.73 Å². The molecular weight excluding hydrogens is 322 g/mol. The van der Waals surface area contributed by atoms with E-state index in [1.165, 1.54) is 7.11 Å². The van der Waals surface area contributed by atoms with Crippen LogP contribution in [0.25, 0.3) is 21.5 Å². The largest absolute Gasteiger partial charge is 0.469 e. The summed E-state index contributed by atoms with van der Waals surface area (Å²) in [5, 5.41) is 4.40. The molecule has 3 nitrogen and oxygen atoms in total. The lowest BCUT2D eigenvalue weighted by molar-refractivity contribution is -0.152. The van der Waals surface area contributed by atoms with E-state index in [-0.39, 0.29) is 18.4 Å². The van der Waals surface area contributed by atoms with Gasteiger partial charge < -0.3 is 10.5 Å². The third kappa shape index (κ3) is 2.85. The van der Waals surface area contributed by atoms with Crippen molar-refractivity contribution in [3.8, 4) is 0 Å². The highest BCUT2D eigenvalue weighted by atomic mass is 35.5. The van der Waals surface area contributed by atoms with Crippen LogP contribution in [0.4, 0.5) is 0 Å². The minimum absolute atomic E-state index is 0. The van der Waals surface area contributed by atoms with E-state index in [4.69, 9.17) is 10.5 Å². The monoisotopic (exact) mass is 343 g/mol. The predicted octanol–water partition coefficient (Wildman–Crippen LogP) is 4.61. The van der Waals surface area contributed by atoms with Crippen molar-refractivity contribution in [2.45, 2.75) is 19.9 Å². The normalized spacial score (nSPS) is 12.7. The maximum Gasteiger partial charge on any atom is 0.313 e.